The van der Waals surface area contributed by atoms with Gasteiger partial charge in [-0.25, -0.2) is 4.79 Å². The van der Waals surface area contributed by atoms with E-state index in [9.17, 15) is 4.79 Å². The van der Waals surface area contributed by atoms with Gasteiger partial charge < -0.3 is 19.7 Å². The molecule has 0 atom stereocenters. The molecular weight excluding hydrogens is 379 g/mol. The molecule has 8 heteroatoms. The van der Waals surface area contributed by atoms with Crippen LogP contribution in [0, 0.1) is 6.92 Å². The molecule has 2 rings (SSSR count). The lowest BCUT2D eigenvalue weighted by molar-refractivity contribution is 0.0516. The Morgan fingerprint density at radius 2 is 1.88 bits per heavy atom. The van der Waals surface area contributed by atoms with Crippen LogP contribution in [0.4, 0.5) is 0 Å². The first-order chi connectivity index (χ1) is 12.5. The van der Waals surface area contributed by atoms with Crippen molar-refractivity contribution in [1.29, 1.82) is 0 Å². The molecule has 142 valence electrons. The van der Waals surface area contributed by atoms with Crippen LogP contribution in [0.5, 0.6) is 5.75 Å². The molecular formula is C18H22Cl2N2O4. The summed E-state index contributed by atoms with van der Waals surface area (Å²) in [7, 11) is 0. The molecule has 0 fully saturated rings. The zero-order valence-corrected chi connectivity index (χ0v) is 16.1. The maximum absolute atomic E-state index is 11.8. The second-order valence-corrected chi connectivity index (χ2v) is 6.60. The van der Waals surface area contributed by atoms with Gasteiger partial charge in [-0.2, -0.15) is 0 Å². The number of hydrogen-bond donors (Lipinski definition) is 1. The number of benzene rings is 1. The second kappa shape index (κ2) is 10.4. The lowest BCUT2D eigenvalue weighted by Crippen LogP contribution is -2.13. The van der Waals surface area contributed by atoms with Crippen LogP contribution < -0.4 is 10.5 Å². The number of nitrogens with zero attached hydrogens (tertiary/aromatic N) is 1. The summed E-state index contributed by atoms with van der Waals surface area (Å²) in [6.45, 7) is 2.77. The highest BCUT2D eigenvalue weighted by molar-refractivity contribution is 6.37. The Morgan fingerprint density at radius 1 is 1.15 bits per heavy atom. The summed E-state index contributed by atoms with van der Waals surface area (Å²) in [5.74, 6) is 0.745. The average molecular weight is 401 g/mol. The predicted octanol–water partition coefficient (Wildman–Crippen LogP) is 4.20. The molecule has 0 aliphatic carbocycles. The van der Waals surface area contributed by atoms with Gasteiger partial charge in [0.2, 0.25) is 0 Å². The molecule has 0 spiro atoms. The van der Waals surface area contributed by atoms with E-state index in [4.69, 9.17) is 42.9 Å². The van der Waals surface area contributed by atoms with Gasteiger partial charge >= 0.3 is 5.97 Å². The fourth-order valence-corrected chi connectivity index (χ4v) is 2.93. The van der Waals surface area contributed by atoms with E-state index < -0.39 is 5.97 Å². The van der Waals surface area contributed by atoms with E-state index in [0.717, 1.165) is 37.1 Å². The Kier molecular flexibility index (Phi) is 8.22. The molecule has 0 amide bonds. The van der Waals surface area contributed by atoms with Crippen LogP contribution >= 0.6 is 23.2 Å². The normalized spacial score (nSPS) is 10.8. The summed E-state index contributed by atoms with van der Waals surface area (Å²) in [5, 5.41) is 4.40. The van der Waals surface area contributed by atoms with Crippen molar-refractivity contribution in [2.45, 2.75) is 32.6 Å². The van der Waals surface area contributed by atoms with Crippen molar-refractivity contribution in [2.75, 3.05) is 19.8 Å². The number of halogens is 2. The van der Waals surface area contributed by atoms with Crippen molar-refractivity contribution >= 4 is 29.2 Å². The fraction of sp³-hybridized carbons (Fsp3) is 0.444. The number of hydrogen-bond acceptors (Lipinski definition) is 6. The van der Waals surface area contributed by atoms with Crippen molar-refractivity contribution in [1.82, 2.24) is 5.16 Å². The van der Waals surface area contributed by atoms with Crippen molar-refractivity contribution in [2.24, 2.45) is 5.73 Å². The van der Waals surface area contributed by atoms with Gasteiger partial charge in [-0.1, -0.05) is 28.4 Å². The first kappa shape index (κ1) is 20.6. The zero-order valence-electron chi connectivity index (χ0n) is 14.6. The van der Waals surface area contributed by atoms with E-state index >= 15 is 0 Å². The third kappa shape index (κ3) is 6.20. The summed E-state index contributed by atoms with van der Waals surface area (Å²) in [5.41, 5.74) is 6.46. The first-order valence-electron chi connectivity index (χ1n) is 8.42. The molecule has 0 saturated heterocycles. The molecule has 2 N–H and O–H groups in total. The lowest BCUT2D eigenvalue weighted by Gasteiger charge is -2.11. The van der Waals surface area contributed by atoms with Crippen molar-refractivity contribution in [3.63, 3.8) is 0 Å². The number of carbonyl (C=O) groups excluding carboxylic acids is 1. The second-order valence-electron chi connectivity index (χ2n) is 5.79. The number of rotatable bonds is 10. The molecule has 6 nitrogen and oxygen atoms in total. The molecule has 26 heavy (non-hydrogen) atoms. The van der Waals surface area contributed by atoms with Crippen molar-refractivity contribution in [3.05, 3.63) is 45.3 Å². The number of aromatic nitrogens is 1. The lowest BCUT2D eigenvalue weighted by atomic mass is 10.1. The Bertz CT molecular complexity index is 711. The highest BCUT2D eigenvalue weighted by Gasteiger charge is 2.15. The maximum atomic E-state index is 11.8. The summed E-state index contributed by atoms with van der Waals surface area (Å²) < 4.78 is 15.8. The molecule has 0 aliphatic rings. The molecule has 0 unspecified atom stereocenters. The topological polar surface area (TPSA) is 87.6 Å². The first-order valence-corrected chi connectivity index (χ1v) is 9.18. The monoisotopic (exact) mass is 400 g/mol. The number of carbonyl (C=O) groups is 1. The zero-order chi connectivity index (χ0) is 18.9. The highest BCUT2D eigenvalue weighted by atomic mass is 35.5. The van der Waals surface area contributed by atoms with Crippen LogP contribution in [-0.4, -0.2) is 30.9 Å². The van der Waals surface area contributed by atoms with Gasteiger partial charge in [0.15, 0.2) is 5.75 Å². The van der Waals surface area contributed by atoms with Gasteiger partial charge in [-0.15, -0.1) is 0 Å². The molecule has 1 aromatic carbocycles. The fourth-order valence-electron chi connectivity index (χ4n) is 2.34. The summed E-state index contributed by atoms with van der Waals surface area (Å²) >= 11 is 12.3. The van der Waals surface area contributed by atoms with Crippen LogP contribution in [0.2, 0.25) is 10.0 Å². The molecule has 0 saturated carbocycles. The highest BCUT2D eigenvalue weighted by Crippen LogP contribution is 2.34. The molecule has 1 aromatic heterocycles. The smallest absolute Gasteiger partial charge is 0.338 e. The van der Waals surface area contributed by atoms with Gasteiger partial charge in [0.25, 0.3) is 0 Å². The van der Waals surface area contributed by atoms with Crippen LogP contribution in [0.15, 0.2) is 22.7 Å². The van der Waals surface area contributed by atoms with Gasteiger partial charge in [0.05, 0.1) is 27.9 Å². The van der Waals surface area contributed by atoms with E-state index in [-0.39, 0.29) is 28.8 Å². The number of nitrogens with two attached hydrogens (primary N) is 1. The number of aryl methyl sites for hydroxylation is 2. The summed E-state index contributed by atoms with van der Waals surface area (Å²) in [6.07, 6.45) is 3.64. The maximum Gasteiger partial charge on any atom is 0.338 e. The van der Waals surface area contributed by atoms with Crippen LogP contribution in [0.3, 0.4) is 0 Å². The van der Waals surface area contributed by atoms with Crippen molar-refractivity contribution < 1.29 is 18.8 Å². The molecule has 2 aromatic rings. The molecule has 0 radical (unpaired) electrons. The van der Waals surface area contributed by atoms with Gasteiger partial charge in [0, 0.05) is 19.0 Å². The summed E-state index contributed by atoms with van der Waals surface area (Å²) in [4.78, 5) is 11.8. The Balaban J connectivity index is 1.77. The quantitative estimate of drug-likeness (QED) is 0.474. The third-order valence-corrected chi connectivity index (χ3v) is 4.14. The van der Waals surface area contributed by atoms with E-state index in [1.165, 1.54) is 12.1 Å². The minimum Gasteiger partial charge on any atom is -0.490 e. The van der Waals surface area contributed by atoms with Gasteiger partial charge in [-0.05, 0) is 38.3 Å². The standard InChI is InChI=1S/C18H22Cl2N2O4/c1-12-9-14(26-22-12)5-3-2-4-7-24-17-15(19)10-13(11-16(17)20)18(23)25-8-6-21/h9-11H,2-8,21H2,1H3. The van der Waals surface area contributed by atoms with Crippen LogP contribution in [0.25, 0.3) is 0 Å². The van der Waals surface area contributed by atoms with E-state index in [1.807, 2.05) is 13.0 Å². The predicted molar refractivity (Wildman–Crippen MR) is 100 cm³/mol. The minimum atomic E-state index is -0.520. The van der Waals surface area contributed by atoms with Crippen molar-refractivity contribution in [3.8, 4) is 5.75 Å². The van der Waals surface area contributed by atoms with E-state index in [1.54, 1.807) is 0 Å². The molecule has 1 heterocycles. The SMILES string of the molecule is Cc1cc(CCCCCOc2c(Cl)cc(C(=O)OCCN)cc2Cl)on1. The van der Waals surface area contributed by atoms with E-state index in [2.05, 4.69) is 5.16 Å². The largest absolute Gasteiger partial charge is 0.490 e. The third-order valence-electron chi connectivity index (χ3n) is 3.58. The number of unbranched alkanes of at least 4 members (excludes halogenated alkanes) is 2. The Labute approximate surface area is 162 Å². The Hall–Kier alpha value is -1.76. The Morgan fingerprint density at radius 3 is 2.50 bits per heavy atom. The van der Waals surface area contributed by atoms with Gasteiger partial charge in [0.1, 0.15) is 12.4 Å². The van der Waals surface area contributed by atoms with E-state index in [0.29, 0.717) is 12.4 Å². The number of esters is 1. The average Bonchev–Trinajstić information content (AvgIpc) is 3.02. The van der Waals surface area contributed by atoms with Gasteiger partial charge in [-0.3, -0.25) is 0 Å². The molecule has 0 bridgehead atoms. The van der Waals surface area contributed by atoms with Crippen LogP contribution in [0.1, 0.15) is 41.1 Å². The number of ether oxygens (including phenoxy) is 2. The summed E-state index contributed by atoms with van der Waals surface area (Å²) in [6, 6.07) is 4.90. The minimum absolute atomic E-state index is 0.139. The molecule has 0 aliphatic heterocycles. The van der Waals surface area contributed by atoms with Crippen LogP contribution in [-0.2, 0) is 11.2 Å².